The first-order valence-corrected chi connectivity index (χ1v) is 11.0. The first kappa shape index (κ1) is 20.6. The van der Waals surface area contributed by atoms with Crippen LogP contribution in [0, 0.1) is 0 Å². The van der Waals surface area contributed by atoms with Crippen LogP contribution < -0.4 is 10.9 Å². The molecule has 7 nitrogen and oxygen atoms in total. The van der Waals surface area contributed by atoms with E-state index in [1.807, 2.05) is 35.9 Å². The molecule has 4 rings (SSSR count). The van der Waals surface area contributed by atoms with Crippen molar-refractivity contribution in [2.24, 2.45) is 7.05 Å². The van der Waals surface area contributed by atoms with Crippen molar-refractivity contribution in [3.63, 3.8) is 0 Å². The van der Waals surface area contributed by atoms with Gasteiger partial charge in [-0.15, -0.1) is 0 Å². The minimum atomic E-state index is -0.236. The molecular weight excluding hydrogens is 378 g/mol. The highest BCUT2D eigenvalue weighted by Crippen LogP contribution is 2.24. The molecule has 3 aromatic rings. The number of fused-ring (bicyclic) bond motifs is 3. The molecule has 7 heteroatoms. The summed E-state index contributed by atoms with van der Waals surface area (Å²) in [5.74, 6) is -0.173. The average molecular weight is 410 g/mol. The normalized spacial score (nSPS) is 17.6. The fourth-order valence-corrected chi connectivity index (χ4v) is 4.75. The van der Waals surface area contributed by atoms with Crippen molar-refractivity contribution < 1.29 is 4.79 Å². The molecule has 1 atom stereocenters. The lowest BCUT2D eigenvalue weighted by Gasteiger charge is -2.35. The molecule has 1 aliphatic heterocycles. The van der Waals surface area contributed by atoms with E-state index in [0.29, 0.717) is 18.1 Å². The number of hydrogen-bond acceptors (Lipinski definition) is 4. The van der Waals surface area contributed by atoms with Crippen LogP contribution in [0.3, 0.4) is 0 Å². The summed E-state index contributed by atoms with van der Waals surface area (Å²) in [6.07, 6.45) is 7.69. The number of hydrogen-bond donors (Lipinski definition) is 1. The topological polar surface area (TPSA) is 72.2 Å². The molecule has 1 aromatic carbocycles. The Morgan fingerprint density at radius 3 is 2.90 bits per heavy atom. The largest absolute Gasteiger partial charge is 0.354 e. The maximum absolute atomic E-state index is 13.0. The van der Waals surface area contributed by atoms with Crippen LogP contribution in [0.1, 0.15) is 39.0 Å². The molecule has 0 aliphatic carbocycles. The predicted octanol–water partition coefficient (Wildman–Crippen LogP) is 2.66. The second-order valence-corrected chi connectivity index (χ2v) is 8.24. The molecule has 160 valence electrons. The van der Waals surface area contributed by atoms with Gasteiger partial charge in [0.15, 0.2) is 0 Å². The lowest BCUT2D eigenvalue weighted by atomic mass is 10.00. The van der Waals surface area contributed by atoms with Crippen LogP contribution in [-0.4, -0.2) is 50.8 Å². The maximum atomic E-state index is 13.0. The van der Waals surface area contributed by atoms with E-state index in [4.69, 9.17) is 0 Å². The summed E-state index contributed by atoms with van der Waals surface area (Å²) in [4.78, 5) is 27.9. The zero-order valence-corrected chi connectivity index (χ0v) is 17.9. The van der Waals surface area contributed by atoms with Crippen LogP contribution in [0.25, 0.3) is 21.8 Å². The maximum Gasteiger partial charge on any atom is 0.291 e. The molecule has 30 heavy (non-hydrogen) atoms. The van der Waals surface area contributed by atoms with Crippen molar-refractivity contribution >= 4 is 27.7 Å². The summed E-state index contributed by atoms with van der Waals surface area (Å²) in [6.45, 7) is 4.99. The van der Waals surface area contributed by atoms with Gasteiger partial charge in [0.05, 0.1) is 6.20 Å². The molecule has 0 saturated carbocycles. The van der Waals surface area contributed by atoms with Gasteiger partial charge < -0.3 is 14.8 Å². The fraction of sp³-hybridized carbons (Fsp3) is 0.522. The summed E-state index contributed by atoms with van der Waals surface area (Å²) in [7, 11) is 1.88. The number of likely N-dealkylation sites (tertiary alicyclic amines) is 1. The van der Waals surface area contributed by atoms with Gasteiger partial charge in [-0.05, 0) is 38.3 Å². The molecule has 0 bridgehead atoms. The van der Waals surface area contributed by atoms with Crippen molar-refractivity contribution in [3.8, 4) is 0 Å². The SMILES string of the molecule is CC[C@@H]1CCCCN1CCCNC(=O)Cn1ncc2c3ccccc3n(C)c2c1=O. The van der Waals surface area contributed by atoms with Crippen LogP contribution in [0.5, 0.6) is 0 Å². The molecule has 1 aliphatic rings. The van der Waals surface area contributed by atoms with Crippen LogP contribution >= 0.6 is 0 Å². The van der Waals surface area contributed by atoms with Crippen LogP contribution in [0.4, 0.5) is 0 Å². The minimum Gasteiger partial charge on any atom is -0.354 e. The van der Waals surface area contributed by atoms with Gasteiger partial charge in [-0.1, -0.05) is 31.5 Å². The van der Waals surface area contributed by atoms with Crippen molar-refractivity contribution in [3.05, 3.63) is 40.8 Å². The van der Waals surface area contributed by atoms with Crippen molar-refractivity contribution in [2.75, 3.05) is 19.6 Å². The van der Waals surface area contributed by atoms with E-state index < -0.39 is 0 Å². The Bertz CT molecular complexity index is 1100. The van der Waals surface area contributed by atoms with E-state index in [2.05, 4.69) is 22.2 Å². The zero-order chi connectivity index (χ0) is 21.1. The van der Waals surface area contributed by atoms with Gasteiger partial charge in [0.1, 0.15) is 12.1 Å². The first-order valence-electron chi connectivity index (χ1n) is 11.0. The zero-order valence-electron chi connectivity index (χ0n) is 17.9. The molecule has 0 spiro atoms. The average Bonchev–Trinajstić information content (AvgIpc) is 3.06. The van der Waals surface area contributed by atoms with E-state index in [9.17, 15) is 9.59 Å². The van der Waals surface area contributed by atoms with Crippen LogP contribution in [-0.2, 0) is 18.4 Å². The Kier molecular flexibility index (Phi) is 6.18. The summed E-state index contributed by atoms with van der Waals surface area (Å²) >= 11 is 0. The van der Waals surface area contributed by atoms with E-state index in [1.54, 1.807) is 6.20 Å². The highest BCUT2D eigenvalue weighted by Gasteiger charge is 2.20. The highest BCUT2D eigenvalue weighted by molar-refractivity contribution is 6.07. The van der Waals surface area contributed by atoms with Gasteiger partial charge in [0.2, 0.25) is 5.91 Å². The standard InChI is InChI=1S/C23H31N5O2/c1-3-17-9-6-7-13-27(17)14-8-12-24-21(29)16-28-23(30)22-19(15-25-28)18-10-4-5-11-20(18)26(22)2/h4-5,10-11,15,17H,3,6-9,12-14,16H2,1-2H3,(H,24,29)/t17-/m1/s1. The Labute approximate surface area is 176 Å². The number of benzene rings is 1. The third kappa shape index (κ3) is 3.99. The number of nitrogens with one attached hydrogen (secondary N) is 1. The Morgan fingerprint density at radius 1 is 1.23 bits per heavy atom. The summed E-state index contributed by atoms with van der Waals surface area (Å²) in [6, 6.07) is 8.56. The second kappa shape index (κ2) is 9.00. The van der Waals surface area contributed by atoms with Gasteiger partial charge in [-0.2, -0.15) is 5.10 Å². The third-order valence-electron chi connectivity index (χ3n) is 6.37. The van der Waals surface area contributed by atoms with Gasteiger partial charge in [0.25, 0.3) is 5.56 Å². The number of piperidine rings is 1. The summed E-state index contributed by atoms with van der Waals surface area (Å²) in [5, 5.41) is 9.02. The molecule has 3 heterocycles. The number of nitrogens with zero attached hydrogens (tertiary/aromatic N) is 4. The van der Waals surface area contributed by atoms with E-state index in [1.165, 1.54) is 30.4 Å². The van der Waals surface area contributed by atoms with E-state index in [-0.39, 0.29) is 18.0 Å². The fourth-order valence-electron chi connectivity index (χ4n) is 4.75. The van der Waals surface area contributed by atoms with Crippen LogP contribution in [0.15, 0.2) is 35.3 Å². The minimum absolute atomic E-state index is 0.0579. The lowest BCUT2D eigenvalue weighted by Crippen LogP contribution is -2.41. The number of aromatic nitrogens is 3. The Morgan fingerprint density at radius 2 is 2.07 bits per heavy atom. The number of para-hydroxylation sites is 1. The molecule has 0 radical (unpaired) electrons. The highest BCUT2D eigenvalue weighted by atomic mass is 16.2. The molecule has 0 unspecified atom stereocenters. The van der Waals surface area contributed by atoms with Gasteiger partial charge in [0, 0.05) is 42.5 Å². The first-order chi connectivity index (χ1) is 14.6. The quantitative estimate of drug-likeness (QED) is 0.609. The molecule has 1 N–H and O–H groups in total. The van der Waals surface area contributed by atoms with Gasteiger partial charge in [-0.3, -0.25) is 9.59 Å². The number of amides is 1. The van der Waals surface area contributed by atoms with Gasteiger partial charge >= 0.3 is 0 Å². The van der Waals surface area contributed by atoms with Crippen molar-refractivity contribution in [2.45, 2.75) is 51.6 Å². The number of rotatable bonds is 7. The molecule has 1 amide bonds. The predicted molar refractivity (Wildman–Crippen MR) is 120 cm³/mol. The third-order valence-corrected chi connectivity index (χ3v) is 6.37. The van der Waals surface area contributed by atoms with E-state index in [0.717, 1.165) is 35.8 Å². The Balaban J connectivity index is 1.37. The van der Waals surface area contributed by atoms with Crippen LogP contribution in [0.2, 0.25) is 0 Å². The molecule has 1 fully saturated rings. The lowest BCUT2D eigenvalue weighted by molar-refractivity contribution is -0.121. The van der Waals surface area contributed by atoms with Gasteiger partial charge in [-0.25, -0.2) is 4.68 Å². The molecular formula is C23H31N5O2. The summed E-state index contributed by atoms with van der Waals surface area (Å²) in [5.41, 5.74) is 1.33. The molecule has 2 aromatic heterocycles. The molecule has 1 saturated heterocycles. The monoisotopic (exact) mass is 409 g/mol. The number of aryl methyl sites for hydroxylation is 1. The van der Waals surface area contributed by atoms with E-state index >= 15 is 0 Å². The smallest absolute Gasteiger partial charge is 0.291 e. The summed E-state index contributed by atoms with van der Waals surface area (Å²) < 4.78 is 3.14. The number of carbonyl (C=O) groups excluding carboxylic acids is 1. The second-order valence-electron chi connectivity index (χ2n) is 8.24. The van der Waals surface area contributed by atoms with Crippen molar-refractivity contribution in [1.82, 2.24) is 24.6 Å². The number of carbonyl (C=O) groups is 1. The van der Waals surface area contributed by atoms with Crippen molar-refractivity contribution in [1.29, 1.82) is 0 Å². The Hall–Kier alpha value is -2.67.